The molecule has 1 heterocycles. The zero-order valence-electron chi connectivity index (χ0n) is 12.2. The van der Waals surface area contributed by atoms with E-state index in [2.05, 4.69) is 6.58 Å². The summed E-state index contributed by atoms with van der Waals surface area (Å²) in [5.74, 6) is 0.512. The normalized spacial score (nSPS) is 17.5. The van der Waals surface area contributed by atoms with Gasteiger partial charge in [0.1, 0.15) is 11.1 Å². The first-order valence-corrected chi connectivity index (χ1v) is 8.13. The largest absolute Gasteiger partial charge is 0.494 e. The Kier molecular flexibility index (Phi) is 5.89. The number of carboxylic acid groups (broad SMARTS) is 1. The van der Waals surface area contributed by atoms with Crippen LogP contribution in [0.5, 0.6) is 5.75 Å². The molecular formula is C16H19NO4S. The highest BCUT2D eigenvalue weighted by Gasteiger charge is 2.31. The summed E-state index contributed by atoms with van der Waals surface area (Å²) >= 11 is 1.60. The van der Waals surface area contributed by atoms with E-state index in [0.717, 1.165) is 5.56 Å². The van der Waals surface area contributed by atoms with Crippen molar-refractivity contribution < 1.29 is 19.4 Å². The molecule has 1 N–H and O–H groups in total. The lowest BCUT2D eigenvalue weighted by molar-refractivity contribution is -0.137. The number of amides is 1. The Morgan fingerprint density at radius 3 is 2.82 bits per heavy atom. The van der Waals surface area contributed by atoms with E-state index in [4.69, 9.17) is 9.84 Å². The van der Waals surface area contributed by atoms with Gasteiger partial charge in [-0.3, -0.25) is 9.59 Å². The molecule has 1 aromatic rings. The molecule has 1 aromatic carbocycles. The summed E-state index contributed by atoms with van der Waals surface area (Å²) < 4.78 is 5.50. The summed E-state index contributed by atoms with van der Waals surface area (Å²) in [7, 11) is 0. The molecular weight excluding hydrogens is 302 g/mol. The molecule has 6 heteroatoms. The number of carboxylic acids is 1. The predicted molar refractivity (Wildman–Crippen MR) is 85.9 cm³/mol. The number of hydrogen-bond acceptors (Lipinski definition) is 4. The standard InChI is InChI=1S/C16H19NO4S/c1-2-9-17-14(18)11-22-16(17)12-5-7-13(8-6-12)21-10-3-4-15(19)20/h2,5-8,16H,1,3-4,9-11H2,(H,19,20). The quantitative estimate of drug-likeness (QED) is 0.589. The van der Waals surface area contributed by atoms with Gasteiger partial charge in [0.15, 0.2) is 0 Å². The topological polar surface area (TPSA) is 66.8 Å². The van der Waals surface area contributed by atoms with Crippen LogP contribution in [0.1, 0.15) is 23.8 Å². The molecule has 118 valence electrons. The van der Waals surface area contributed by atoms with Crippen molar-refractivity contribution >= 4 is 23.6 Å². The Labute approximate surface area is 133 Å². The van der Waals surface area contributed by atoms with Crippen LogP contribution in [-0.4, -0.2) is 40.8 Å². The van der Waals surface area contributed by atoms with Crippen LogP contribution < -0.4 is 4.74 Å². The minimum Gasteiger partial charge on any atom is -0.494 e. The fourth-order valence-electron chi connectivity index (χ4n) is 2.21. The van der Waals surface area contributed by atoms with E-state index in [9.17, 15) is 9.59 Å². The van der Waals surface area contributed by atoms with Crippen LogP contribution in [0.4, 0.5) is 0 Å². The minimum atomic E-state index is -0.816. The van der Waals surface area contributed by atoms with Crippen molar-refractivity contribution in [3.63, 3.8) is 0 Å². The number of ether oxygens (including phenoxy) is 1. The van der Waals surface area contributed by atoms with Gasteiger partial charge in [0.25, 0.3) is 0 Å². The molecule has 0 aliphatic carbocycles. The fraction of sp³-hybridized carbons (Fsp3) is 0.375. The first-order chi connectivity index (χ1) is 10.6. The molecule has 5 nitrogen and oxygen atoms in total. The van der Waals surface area contributed by atoms with E-state index in [1.165, 1.54) is 0 Å². The Morgan fingerprint density at radius 2 is 2.18 bits per heavy atom. The lowest BCUT2D eigenvalue weighted by Crippen LogP contribution is -2.28. The Balaban J connectivity index is 1.92. The van der Waals surface area contributed by atoms with Gasteiger partial charge in [0.05, 0.1) is 12.4 Å². The Hall–Kier alpha value is -1.95. The maximum Gasteiger partial charge on any atom is 0.303 e. The summed E-state index contributed by atoms with van der Waals surface area (Å²) in [5, 5.41) is 8.58. The monoisotopic (exact) mass is 321 g/mol. The fourth-order valence-corrected chi connectivity index (χ4v) is 3.41. The summed E-state index contributed by atoms with van der Waals surface area (Å²) in [4.78, 5) is 24.1. The zero-order chi connectivity index (χ0) is 15.9. The zero-order valence-corrected chi connectivity index (χ0v) is 13.1. The van der Waals surface area contributed by atoms with E-state index in [-0.39, 0.29) is 17.7 Å². The van der Waals surface area contributed by atoms with Crippen LogP contribution in [0.15, 0.2) is 36.9 Å². The maximum atomic E-state index is 11.8. The van der Waals surface area contributed by atoms with Gasteiger partial charge in [0, 0.05) is 13.0 Å². The highest BCUT2D eigenvalue weighted by atomic mass is 32.2. The van der Waals surface area contributed by atoms with E-state index >= 15 is 0 Å². The molecule has 1 unspecified atom stereocenters. The van der Waals surface area contributed by atoms with Gasteiger partial charge in [0.2, 0.25) is 5.91 Å². The van der Waals surface area contributed by atoms with Crippen LogP contribution >= 0.6 is 11.8 Å². The smallest absolute Gasteiger partial charge is 0.303 e. The number of carbonyl (C=O) groups excluding carboxylic acids is 1. The van der Waals surface area contributed by atoms with Crippen molar-refractivity contribution in [3.8, 4) is 5.75 Å². The summed E-state index contributed by atoms with van der Waals surface area (Å²) in [6.07, 6.45) is 2.32. The number of benzene rings is 1. The molecule has 1 saturated heterocycles. The second kappa shape index (κ2) is 7.89. The first-order valence-electron chi connectivity index (χ1n) is 7.08. The van der Waals surface area contributed by atoms with Crippen molar-refractivity contribution in [1.82, 2.24) is 4.90 Å². The molecule has 0 bridgehead atoms. The molecule has 1 aliphatic rings. The second-order valence-electron chi connectivity index (χ2n) is 4.91. The number of thioether (sulfide) groups is 1. The van der Waals surface area contributed by atoms with Gasteiger partial charge < -0.3 is 14.7 Å². The highest BCUT2D eigenvalue weighted by molar-refractivity contribution is 8.00. The van der Waals surface area contributed by atoms with Gasteiger partial charge in [-0.2, -0.15) is 0 Å². The predicted octanol–water partition coefficient (Wildman–Crippen LogP) is 2.69. The van der Waals surface area contributed by atoms with Crippen LogP contribution in [0.25, 0.3) is 0 Å². The molecule has 1 amide bonds. The summed E-state index contributed by atoms with van der Waals surface area (Å²) in [6, 6.07) is 7.59. The third-order valence-electron chi connectivity index (χ3n) is 3.26. The van der Waals surface area contributed by atoms with E-state index in [0.29, 0.717) is 31.1 Å². The summed E-state index contributed by atoms with van der Waals surface area (Å²) in [6.45, 7) is 4.62. The van der Waals surface area contributed by atoms with Gasteiger partial charge in [-0.1, -0.05) is 18.2 Å². The molecule has 1 fully saturated rings. The second-order valence-corrected chi connectivity index (χ2v) is 5.98. The molecule has 2 rings (SSSR count). The average molecular weight is 321 g/mol. The number of nitrogens with zero attached hydrogens (tertiary/aromatic N) is 1. The van der Waals surface area contributed by atoms with Crippen LogP contribution in [0.3, 0.4) is 0 Å². The number of aliphatic carboxylic acids is 1. The van der Waals surface area contributed by atoms with E-state index in [1.54, 1.807) is 22.7 Å². The SMILES string of the molecule is C=CCN1C(=O)CSC1c1ccc(OCCCC(=O)O)cc1. The van der Waals surface area contributed by atoms with Gasteiger partial charge >= 0.3 is 5.97 Å². The lowest BCUT2D eigenvalue weighted by atomic mass is 10.2. The molecule has 0 saturated carbocycles. The molecule has 0 radical (unpaired) electrons. The maximum absolute atomic E-state index is 11.8. The molecule has 22 heavy (non-hydrogen) atoms. The highest BCUT2D eigenvalue weighted by Crippen LogP contribution is 2.38. The third-order valence-corrected chi connectivity index (χ3v) is 4.52. The third kappa shape index (κ3) is 4.27. The number of hydrogen-bond donors (Lipinski definition) is 1. The lowest BCUT2D eigenvalue weighted by Gasteiger charge is -2.22. The van der Waals surface area contributed by atoms with Crippen LogP contribution in [-0.2, 0) is 9.59 Å². The average Bonchev–Trinajstić information content (AvgIpc) is 2.86. The van der Waals surface area contributed by atoms with Crippen molar-refractivity contribution in [2.45, 2.75) is 18.2 Å². The minimum absolute atomic E-state index is 0.0200. The first kappa shape index (κ1) is 16.4. The summed E-state index contributed by atoms with van der Waals surface area (Å²) in [5.41, 5.74) is 1.05. The Morgan fingerprint density at radius 1 is 1.45 bits per heavy atom. The number of carbonyl (C=O) groups is 2. The van der Waals surface area contributed by atoms with Crippen molar-refractivity contribution in [1.29, 1.82) is 0 Å². The van der Waals surface area contributed by atoms with Crippen LogP contribution in [0, 0.1) is 0 Å². The molecule has 1 atom stereocenters. The molecule has 0 spiro atoms. The van der Waals surface area contributed by atoms with Gasteiger partial charge in [-0.15, -0.1) is 18.3 Å². The van der Waals surface area contributed by atoms with Gasteiger partial charge in [-0.05, 0) is 24.1 Å². The van der Waals surface area contributed by atoms with Crippen molar-refractivity contribution in [2.24, 2.45) is 0 Å². The van der Waals surface area contributed by atoms with E-state index < -0.39 is 5.97 Å². The molecule has 1 aliphatic heterocycles. The number of rotatable bonds is 8. The molecule has 0 aromatic heterocycles. The van der Waals surface area contributed by atoms with Crippen molar-refractivity contribution in [3.05, 3.63) is 42.5 Å². The van der Waals surface area contributed by atoms with Crippen LogP contribution in [0.2, 0.25) is 0 Å². The van der Waals surface area contributed by atoms with E-state index in [1.807, 2.05) is 24.3 Å². The van der Waals surface area contributed by atoms with Gasteiger partial charge in [-0.25, -0.2) is 0 Å². The van der Waals surface area contributed by atoms with Crippen molar-refractivity contribution in [2.75, 3.05) is 18.9 Å². The Bertz CT molecular complexity index is 544.